The van der Waals surface area contributed by atoms with Gasteiger partial charge in [0, 0.05) is 5.56 Å². The van der Waals surface area contributed by atoms with Gasteiger partial charge in [-0.1, -0.05) is 17.7 Å². The lowest BCUT2D eigenvalue weighted by Gasteiger charge is -2.25. The van der Waals surface area contributed by atoms with Crippen LogP contribution in [0.4, 0.5) is 4.79 Å². The highest BCUT2D eigenvalue weighted by molar-refractivity contribution is 6.30. The van der Waals surface area contributed by atoms with Gasteiger partial charge < -0.3 is 29.4 Å². The first-order chi connectivity index (χ1) is 15.1. The van der Waals surface area contributed by atoms with E-state index in [9.17, 15) is 9.90 Å². The van der Waals surface area contributed by atoms with E-state index in [4.69, 9.17) is 30.5 Å². The van der Waals surface area contributed by atoms with E-state index >= 15 is 0 Å². The summed E-state index contributed by atoms with van der Waals surface area (Å²) in [6.45, 7) is 5.42. The number of aliphatic hydroxyl groups excluding tert-OH is 1. The second-order valence-electron chi connectivity index (χ2n) is 8.62. The molecule has 2 aliphatic carbocycles. The van der Waals surface area contributed by atoms with Crippen molar-refractivity contribution in [1.82, 2.24) is 5.32 Å². The van der Waals surface area contributed by atoms with Crippen LogP contribution >= 0.6 is 11.6 Å². The fraction of sp³-hybridized carbons (Fsp3) is 0.458. The maximum atomic E-state index is 12.6. The summed E-state index contributed by atoms with van der Waals surface area (Å²) in [5.41, 5.74) is 2.62. The number of aliphatic hydroxyl groups is 1. The highest BCUT2D eigenvalue weighted by Gasteiger charge is 2.33. The molecule has 0 aromatic heterocycles. The van der Waals surface area contributed by atoms with Gasteiger partial charge >= 0.3 is 6.09 Å². The standard InChI is InChI=1S/C24H30ClNO6/c1-24(2,3)32-23(28)26-17-10-7-13-11-19(29-4)21(30-5)22(31-6)20(13)14-8-9-16(25)18(27)12-15(14)17/h8-9,11-12,17-18,27H,7,10H2,1-6H3,(H,26,28)/t17-,18?/m0/s1. The van der Waals surface area contributed by atoms with Crippen molar-refractivity contribution in [2.24, 2.45) is 0 Å². The van der Waals surface area contributed by atoms with E-state index in [-0.39, 0.29) is 5.03 Å². The second-order valence-corrected chi connectivity index (χ2v) is 9.05. The molecule has 0 radical (unpaired) electrons. The monoisotopic (exact) mass is 463 g/mol. The van der Waals surface area contributed by atoms with Crippen molar-refractivity contribution in [1.29, 1.82) is 0 Å². The van der Waals surface area contributed by atoms with E-state index < -0.39 is 23.8 Å². The smallest absolute Gasteiger partial charge is 0.408 e. The van der Waals surface area contributed by atoms with Crippen molar-refractivity contribution in [3.8, 4) is 17.2 Å². The molecule has 174 valence electrons. The van der Waals surface area contributed by atoms with E-state index in [1.54, 1.807) is 33.5 Å². The van der Waals surface area contributed by atoms with Gasteiger partial charge in [-0.3, -0.25) is 0 Å². The molecule has 3 rings (SSSR count). The molecule has 0 bridgehead atoms. The number of rotatable bonds is 4. The zero-order valence-corrected chi connectivity index (χ0v) is 20.0. The first-order valence-electron chi connectivity index (χ1n) is 10.4. The molecule has 1 unspecified atom stereocenters. The SMILES string of the molecule is COc1cc2c(c(OC)c1OC)C1=CC=C(Cl)C(O)C=C1[C@@H](NC(=O)OC(C)(C)C)CC2. The summed E-state index contributed by atoms with van der Waals surface area (Å²) in [6.07, 6.45) is 4.79. The molecule has 2 N–H and O–H groups in total. The average Bonchev–Trinajstić information content (AvgIpc) is 2.95. The molecule has 0 spiro atoms. The van der Waals surface area contributed by atoms with Crippen molar-refractivity contribution in [3.63, 3.8) is 0 Å². The maximum absolute atomic E-state index is 12.6. The van der Waals surface area contributed by atoms with Crippen LogP contribution in [0.3, 0.4) is 0 Å². The highest BCUT2D eigenvalue weighted by Crippen LogP contribution is 2.49. The first kappa shape index (κ1) is 24.0. The molecule has 1 amide bonds. The summed E-state index contributed by atoms with van der Waals surface area (Å²) in [5.74, 6) is 1.53. The summed E-state index contributed by atoms with van der Waals surface area (Å²) in [6, 6.07) is 1.49. The Kier molecular flexibility index (Phi) is 7.10. The lowest BCUT2D eigenvalue weighted by molar-refractivity contribution is 0.0511. The Morgan fingerprint density at radius 3 is 2.41 bits per heavy atom. The molecule has 2 atom stereocenters. The molecule has 0 aliphatic heterocycles. The lowest BCUT2D eigenvalue weighted by Crippen LogP contribution is -2.40. The number of benzene rings is 1. The van der Waals surface area contributed by atoms with E-state index in [2.05, 4.69) is 5.32 Å². The van der Waals surface area contributed by atoms with E-state index in [1.807, 2.05) is 32.9 Å². The minimum atomic E-state index is -1.00. The molecule has 1 aromatic carbocycles. The van der Waals surface area contributed by atoms with Gasteiger partial charge in [0.1, 0.15) is 11.7 Å². The highest BCUT2D eigenvalue weighted by atomic mass is 35.5. The van der Waals surface area contributed by atoms with E-state index in [0.29, 0.717) is 30.1 Å². The van der Waals surface area contributed by atoms with Crippen LogP contribution in [0.1, 0.15) is 38.3 Å². The number of fused-ring (bicyclic) bond motifs is 3. The summed E-state index contributed by atoms with van der Waals surface area (Å²) in [4.78, 5) is 12.6. The van der Waals surface area contributed by atoms with Crippen molar-refractivity contribution in [2.75, 3.05) is 21.3 Å². The second kappa shape index (κ2) is 9.46. The normalized spacial score (nSPS) is 20.3. The third-order valence-electron chi connectivity index (χ3n) is 5.29. The number of halogens is 1. The minimum absolute atomic E-state index is 0.273. The zero-order chi connectivity index (χ0) is 23.6. The van der Waals surface area contributed by atoms with Crippen LogP contribution < -0.4 is 19.5 Å². The van der Waals surface area contributed by atoms with E-state index in [0.717, 1.165) is 22.3 Å². The Balaban J connectivity index is 2.17. The fourth-order valence-corrected chi connectivity index (χ4v) is 4.11. The van der Waals surface area contributed by atoms with Gasteiger partial charge in [-0.25, -0.2) is 4.79 Å². The number of nitrogens with one attached hydrogen (secondary N) is 1. The van der Waals surface area contributed by atoms with Gasteiger partial charge in [-0.05, 0) is 68.5 Å². The van der Waals surface area contributed by atoms with Crippen molar-refractivity contribution in [2.45, 2.75) is 51.4 Å². The summed E-state index contributed by atoms with van der Waals surface area (Å²) in [7, 11) is 4.69. The molecule has 1 aromatic rings. The minimum Gasteiger partial charge on any atom is -0.493 e. The Morgan fingerprint density at radius 1 is 1.12 bits per heavy atom. The van der Waals surface area contributed by atoms with Gasteiger partial charge in [0.05, 0.1) is 32.4 Å². The first-order valence-corrected chi connectivity index (χ1v) is 10.8. The molecular formula is C24H30ClNO6. The Labute approximate surface area is 193 Å². The molecular weight excluding hydrogens is 434 g/mol. The lowest BCUT2D eigenvalue weighted by atomic mass is 9.91. The quantitative estimate of drug-likeness (QED) is 0.690. The average molecular weight is 464 g/mol. The van der Waals surface area contributed by atoms with E-state index in [1.165, 1.54) is 0 Å². The summed E-state index contributed by atoms with van der Waals surface area (Å²) in [5, 5.41) is 13.8. The van der Waals surface area contributed by atoms with Crippen LogP contribution in [0.15, 0.2) is 34.9 Å². The number of ether oxygens (including phenoxy) is 4. The molecule has 0 saturated carbocycles. The van der Waals surface area contributed by atoms with Crippen LogP contribution in [0, 0.1) is 0 Å². The van der Waals surface area contributed by atoms with Crippen LogP contribution in [0.2, 0.25) is 0 Å². The predicted octanol–water partition coefficient (Wildman–Crippen LogP) is 4.36. The van der Waals surface area contributed by atoms with Crippen molar-refractivity contribution in [3.05, 3.63) is 46.0 Å². The third kappa shape index (κ3) is 4.89. The van der Waals surface area contributed by atoms with Gasteiger partial charge in [0.2, 0.25) is 5.75 Å². The number of amides is 1. The Morgan fingerprint density at radius 2 is 1.81 bits per heavy atom. The maximum Gasteiger partial charge on any atom is 0.408 e. The number of methoxy groups -OCH3 is 3. The van der Waals surface area contributed by atoms with Gasteiger partial charge in [0.15, 0.2) is 11.5 Å². The number of allylic oxidation sites excluding steroid dienone is 2. The fourth-order valence-electron chi connectivity index (χ4n) is 3.98. The number of hydrogen-bond donors (Lipinski definition) is 2. The molecule has 0 fully saturated rings. The number of alkyl carbamates (subject to hydrolysis) is 1. The number of aryl methyl sites for hydroxylation is 1. The van der Waals surface area contributed by atoms with Crippen molar-refractivity contribution < 1.29 is 28.8 Å². The molecule has 7 nitrogen and oxygen atoms in total. The summed E-state index contributed by atoms with van der Waals surface area (Å²) < 4.78 is 22.3. The molecule has 8 heteroatoms. The molecule has 2 aliphatic rings. The number of carbonyl (C=O) groups excluding carboxylic acids is 1. The molecule has 0 saturated heterocycles. The number of hydrogen-bond acceptors (Lipinski definition) is 6. The zero-order valence-electron chi connectivity index (χ0n) is 19.2. The van der Waals surface area contributed by atoms with Crippen LogP contribution in [0.5, 0.6) is 17.2 Å². The van der Waals surface area contributed by atoms with Gasteiger partial charge in [-0.2, -0.15) is 0 Å². The third-order valence-corrected chi connectivity index (χ3v) is 5.64. The van der Waals surface area contributed by atoms with Crippen LogP contribution in [-0.4, -0.2) is 50.3 Å². The van der Waals surface area contributed by atoms with Gasteiger partial charge in [0.25, 0.3) is 0 Å². The number of carbonyl (C=O) groups is 1. The van der Waals surface area contributed by atoms with Crippen molar-refractivity contribution >= 4 is 23.3 Å². The Bertz CT molecular complexity index is 989. The largest absolute Gasteiger partial charge is 0.493 e. The van der Waals surface area contributed by atoms with Crippen LogP contribution in [-0.2, 0) is 11.2 Å². The molecule has 32 heavy (non-hydrogen) atoms. The van der Waals surface area contributed by atoms with Gasteiger partial charge in [-0.15, -0.1) is 0 Å². The van der Waals surface area contributed by atoms with Crippen LogP contribution in [0.25, 0.3) is 5.57 Å². The summed E-state index contributed by atoms with van der Waals surface area (Å²) >= 11 is 6.26. The predicted molar refractivity (Wildman–Crippen MR) is 124 cm³/mol. The topological polar surface area (TPSA) is 86.3 Å². The molecule has 0 heterocycles. The Hall–Kier alpha value is -2.64.